The Morgan fingerprint density at radius 3 is 2.29 bits per heavy atom. The third-order valence-corrected chi connectivity index (χ3v) is 7.57. The first-order chi connectivity index (χ1) is 18.7. The first kappa shape index (κ1) is 26.2. The topological polar surface area (TPSA) is 48.5 Å². The molecule has 4 aromatic rings. The second-order valence-corrected chi connectivity index (χ2v) is 10.4. The molecule has 5 nitrogen and oxygen atoms in total. The molecule has 0 radical (unpaired) electrons. The lowest BCUT2D eigenvalue weighted by molar-refractivity contribution is -0.132. The number of fused-ring (bicyclic) bond motifs is 1. The standard InChI is InChI=1S/C32H35ClN4O/c33-27-14-15-28-29(16-18-35-30(28)24-27)34-17-9-21-37(23-22-36-19-7-8-20-36)32(38)31(25-10-3-1-4-11-25)26-12-5-2-6-13-26/h1-6,10-16,18,24,31H,7-9,17,19-23H2,(H,34,35). The molecule has 1 saturated heterocycles. The third kappa shape index (κ3) is 6.53. The van der Waals surface area contributed by atoms with Gasteiger partial charge in [0.15, 0.2) is 0 Å². The van der Waals surface area contributed by atoms with Gasteiger partial charge in [-0.3, -0.25) is 9.78 Å². The Morgan fingerprint density at radius 1 is 0.921 bits per heavy atom. The van der Waals surface area contributed by atoms with Crippen LogP contribution in [0.2, 0.25) is 5.02 Å². The minimum Gasteiger partial charge on any atom is -0.384 e. The van der Waals surface area contributed by atoms with Crippen LogP contribution in [-0.2, 0) is 4.79 Å². The first-order valence-corrected chi connectivity index (χ1v) is 14.0. The van der Waals surface area contributed by atoms with Crippen molar-refractivity contribution in [3.8, 4) is 0 Å². The van der Waals surface area contributed by atoms with E-state index in [0.717, 1.165) is 66.9 Å². The van der Waals surface area contributed by atoms with Crippen molar-refractivity contribution < 1.29 is 4.79 Å². The molecule has 1 amide bonds. The number of nitrogens with one attached hydrogen (secondary N) is 1. The molecule has 0 spiro atoms. The number of benzene rings is 3. The summed E-state index contributed by atoms with van der Waals surface area (Å²) in [5, 5.41) is 5.29. The number of anilines is 1. The monoisotopic (exact) mass is 526 g/mol. The number of likely N-dealkylation sites (tertiary alicyclic amines) is 1. The second-order valence-electron chi connectivity index (χ2n) is 9.93. The molecule has 38 heavy (non-hydrogen) atoms. The Morgan fingerprint density at radius 2 is 1.61 bits per heavy atom. The Kier molecular flexibility index (Phi) is 8.90. The van der Waals surface area contributed by atoms with E-state index in [0.29, 0.717) is 11.6 Å². The zero-order valence-electron chi connectivity index (χ0n) is 21.7. The third-order valence-electron chi connectivity index (χ3n) is 7.33. The van der Waals surface area contributed by atoms with Crippen molar-refractivity contribution in [2.75, 3.05) is 44.6 Å². The highest BCUT2D eigenvalue weighted by Gasteiger charge is 2.28. The SMILES string of the molecule is O=C(C(c1ccccc1)c1ccccc1)N(CCCNc1ccnc2cc(Cl)ccc12)CCN1CCCC1. The normalized spacial score (nSPS) is 13.7. The summed E-state index contributed by atoms with van der Waals surface area (Å²) in [6.07, 6.45) is 5.15. The molecule has 0 saturated carbocycles. The van der Waals surface area contributed by atoms with Crippen LogP contribution >= 0.6 is 11.6 Å². The number of halogens is 1. The molecule has 6 heteroatoms. The fraction of sp³-hybridized carbons (Fsp3) is 0.312. The zero-order valence-corrected chi connectivity index (χ0v) is 22.5. The predicted octanol–water partition coefficient (Wildman–Crippen LogP) is 6.45. The highest BCUT2D eigenvalue weighted by molar-refractivity contribution is 6.31. The van der Waals surface area contributed by atoms with Crippen molar-refractivity contribution in [1.29, 1.82) is 0 Å². The molecule has 1 aliphatic heterocycles. The molecule has 2 heterocycles. The molecule has 1 N–H and O–H groups in total. The smallest absolute Gasteiger partial charge is 0.234 e. The molecule has 0 bridgehead atoms. The lowest BCUT2D eigenvalue weighted by atomic mass is 9.90. The molecular weight excluding hydrogens is 492 g/mol. The summed E-state index contributed by atoms with van der Waals surface area (Å²) in [6.45, 7) is 5.38. The van der Waals surface area contributed by atoms with Crippen LogP contribution in [0.15, 0.2) is 91.1 Å². The van der Waals surface area contributed by atoms with Crippen LogP contribution in [0.5, 0.6) is 0 Å². The molecule has 0 unspecified atom stereocenters. The number of aromatic nitrogens is 1. The van der Waals surface area contributed by atoms with Gasteiger partial charge in [-0.15, -0.1) is 0 Å². The van der Waals surface area contributed by atoms with Crippen LogP contribution in [0.1, 0.15) is 36.3 Å². The number of carbonyl (C=O) groups excluding carboxylic acids is 1. The highest BCUT2D eigenvalue weighted by atomic mass is 35.5. The Labute approximate surface area is 230 Å². The molecule has 196 valence electrons. The van der Waals surface area contributed by atoms with E-state index in [-0.39, 0.29) is 11.8 Å². The van der Waals surface area contributed by atoms with Crippen LogP contribution in [0.3, 0.4) is 0 Å². The maximum atomic E-state index is 14.2. The molecule has 5 rings (SSSR count). The summed E-state index contributed by atoms with van der Waals surface area (Å²) in [4.78, 5) is 23.2. The van der Waals surface area contributed by atoms with Gasteiger partial charge in [0, 0.05) is 48.5 Å². The van der Waals surface area contributed by atoms with E-state index in [1.165, 1.54) is 12.8 Å². The fourth-order valence-electron chi connectivity index (χ4n) is 5.32. The van der Waals surface area contributed by atoms with Crippen molar-refractivity contribution in [3.05, 3.63) is 107 Å². The van der Waals surface area contributed by atoms with Gasteiger partial charge in [0.25, 0.3) is 0 Å². The van der Waals surface area contributed by atoms with Gasteiger partial charge in [-0.2, -0.15) is 0 Å². The van der Waals surface area contributed by atoms with E-state index in [2.05, 4.69) is 44.4 Å². The van der Waals surface area contributed by atoms with E-state index in [1.807, 2.05) is 60.7 Å². The van der Waals surface area contributed by atoms with Crippen LogP contribution in [0.25, 0.3) is 10.9 Å². The van der Waals surface area contributed by atoms with Gasteiger partial charge in [-0.05, 0) is 67.7 Å². The molecule has 0 atom stereocenters. The maximum Gasteiger partial charge on any atom is 0.234 e. The van der Waals surface area contributed by atoms with E-state index in [9.17, 15) is 4.79 Å². The second kappa shape index (κ2) is 12.9. The quantitative estimate of drug-likeness (QED) is 0.228. The van der Waals surface area contributed by atoms with E-state index in [1.54, 1.807) is 6.20 Å². The summed E-state index contributed by atoms with van der Waals surface area (Å²) in [7, 11) is 0. The molecule has 1 aliphatic rings. The minimum absolute atomic E-state index is 0.172. The number of hydrogen-bond donors (Lipinski definition) is 1. The van der Waals surface area contributed by atoms with Gasteiger partial charge >= 0.3 is 0 Å². The number of rotatable bonds is 11. The van der Waals surface area contributed by atoms with Gasteiger partial charge in [0.05, 0.1) is 11.4 Å². The van der Waals surface area contributed by atoms with Gasteiger partial charge in [-0.25, -0.2) is 0 Å². The van der Waals surface area contributed by atoms with E-state index in [4.69, 9.17) is 11.6 Å². The van der Waals surface area contributed by atoms with Crippen LogP contribution in [0, 0.1) is 0 Å². The van der Waals surface area contributed by atoms with Gasteiger partial charge < -0.3 is 15.1 Å². The van der Waals surface area contributed by atoms with Crippen molar-refractivity contribution in [2.24, 2.45) is 0 Å². The number of pyridine rings is 1. The average Bonchev–Trinajstić information content (AvgIpc) is 3.47. The largest absolute Gasteiger partial charge is 0.384 e. The van der Waals surface area contributed by atoms with Crippen molar-refractivity contribution in [1.82, 2.24) is 14.8 Å². The molecule has 1 fully saturated rings. The Bertz CT molecular complexity index is 1290. The van der Waals surface area contributed by atoms with E-state index >= 15 is 0 Å². The fourth-order valence-corrected chi connectivity index (χ4v) is 5.49. The maximum absolute atomic E-state index is 14.2. The lowest BCUT2D eigenvalue weighted by Gasteiger charge is -2.30. The summed E-state index contributed by atoms with van der Waals surface area (Å²) in [6, 6.07) is 28.1. The Hall–Kier alpha value is -3.41. The van der Waals surface area contributed by atoms with E-state index < -0.39 is 0 Å². The molecule has 1 aromatic heterocycles. The van der Waals surface area contributed by atoms with Crippen molar-refractivity contribution >= 4 is 34.1 Å². The van der Waals surface area contributed by atoms with Crippen LogP contribution in [-0.4, -0.2) is 60.0 Å². The van der Waals surface area contributed by atoms with Gasteiger partial charge in [0.1, 0.15) is 0 Å². The van der Waals surface area contributed by atoms with Crippen LogP contribution in [0.4, 0.5) is 5.69 Å². The molecule has 3 aromatic carbocycles. The minimum atomic E-state index is -0.308. The number of carbonyl (C=O) groups is 1. The predicted molar refractivity (Wildman–Crippen MR) is 157 cm³/mol. The highest BCUT2D eigenvalue weighted by Crippen LogP contribution is 2.28. The van der Waals surface area contributed by atoms with Crippen LogP contribution < -0.4 is 5.32 Å². The molecular formula is C32H35ClN4O. The van der Waals surface area contributed by atoms with Crippen molar-refractivity contribution in [2.45, 2.75) is 25.2 Å². The summed E-state index contributed by atoms with van der Waals surface area (Å²) >= 11 is 6.15. The molecule has 0 aliphatic carbocycles. The van der Waals surface area contributed by atoms with Gasteiger partial charge in [-0.1, -0.05) is 72.3 Å². The Balaban J connectivity index is 1.30. The first-order valence-electron chi connectivity index (χ1n) is 13.6. The summed E-state index contributed by atoms with van der Waals surface area (Å²) in [5.41, 5.74) is 3.98. The average molecular weight is 527 g/mol. The van der Waals surface area contributed by atoms with Gasteiger partial charge in [0.2, 0.25) is 5.91 Å². The lowest BCUT2D eigenvalue weighted by Crippen LogP contribution is -2.41. The number of amides is 1. The van der Waals surface area contributed by atoms with Crippen molar-refractivity contribution in [3.63, 3.8) is 0 Å². The zero-order chi connectivity index (χ0) is 26.2. The number of hydrogen-bond acceptors (Lipinski definition) is 4. The summed E-state index contributed by atoms with van der Waals surface area (Å²) < 4.78 is 0. The number of nitrogens with zero attached hydrogens (tertiary/aromatic N) is 3. The summed E-state index contributed by atoms with van der Waals surface area (Å²) in [5.74, 6) is -0.136.